The van der Waals surface area contributed by atoms with E-state index in [2.05, 4.69) is 4.74 Å². The Hall–Kier alpha value is -0.750. The number of cyclic esters (lactones) is 1. The van der Waals surface area contributed by atoms with Crippen molar-refractivity contribution in [1.29, 1.82) is 0 Å². The van der Waals surface area contributed by atoms with Gasteiger partial charge in [0.05, 0.1) is 6.61 Å². The van der Waals surface area contributed by atoms with E-state index in [-0.39, 0.29) is 0 Å². The highest BCUT2D eigenvalue weighted by Gasteiger charge is 2.59. The van der Waals surface area contributed by atoms with Crippen LogP contribution in [0.1, 0.15) is 0 Å². The highest BCUT2D eigenvalue weighted by atomic mass is 19.3. The van der Waals surface area contributed by atoms with E-state index in [4.69, 9.17) is 10.2 Å². The minimum Gasteiger partial charge on any atom is -0.452 e. The van der Waals surface area contributed by atoms with Gasteiger partial charge in [-0.3, -0.25) is 0 Å². The minimum atomic E-state index is -3.88. The maximum atomic E-state index is 12.3. The van der Waals surface area contributed by atoms with Gasteiger partial charge in [0.1, 0.15) is 0 Å². The first-order valence-electron chi connectivity index (χ1n) is 2.88. The fourth-order valence-electron chi connectivity index (χ4n) is 0.772. The molecule has 0 aliphatic carbocycles. The van der Waals surface area contributed by atoms with Crippen molar-refractivity contribution in [3.8, 4) is 0 Å². The Morgan fingerprint density at radius 2 is 2.18 bits per heavy atom. The molecular weight excluding hydrogens is 162 g/mol. The molecule has 1 saturated heterocycles. The summed E-state index contributed by atoms with van der Waals surface area (Å²) in [4.78, 5) is 10.2. The molecule has 6 heteroatoms. The number of alkyl halides is 2. The Kier molecular flexibility index (Phi) is 1.81. The van der Waals surface area contributed by atoms with Crippen LogP contribution in [-0.2, 0) is 9.53 Å². The van der Waals surface area contributed by atoms with Gasteiger partial charge in [-0.05, 0) is 0 Å². The zero-order valence-electron chi connectivity index (χ0n) is 5.33. The third-order valence-electron chi connectivity index (χ3n) is 1.43. The molecule has 0 aromatic heterocycles. The van der Waals surface area contributed by atoms with E-state index in [0.29, 0.717) is 0 Å². The summed E-state index contributed by atoms with van der Waals surface area (Å²) >= 11 is 0. The number of carbonyl (C=O) groups is 1. The average Bonchev–Trinajstić information content (AvgIpc) is 2.14. The normalized spacial score (nSPS) is 35.5. The number of carbonyl (C=O) groups excluding carboxylic acids is 1. The van der Waals surface area contributed by atoms with Gasteiger partial charge in [0, 0.05) is 0 Å². The lowest BCUT2D eigenvalue weighted by Crippen LogP contribution is -2.38. The van der Waals surface area contributed by atoms with Crippen LogP contribution in [-0.4, -0.2) is 40.9 Å². The molecule has 1 aliphatic rings. The number of hydrogen-bond acceptors (Lipinski definition) is 4. The Bertz CT molecular complexity index is 181. The highest BCUT2D eigenvalue weighted by molar-refractivity contribution is 5.81. The monoisotopic (exact) mass is 168 g/mol. The highest BCUT2D eigenvalue weighted by Crippen LogP contribution is 2.30. The lowest BCUT2D eigenvalue weighted by molar-refractivity contribution is -0.162. The van der Waals surface area contributed by atoms with E-state index in [0.717, 1.165) is 0 Å². The third kappa shape index (κ3) is 1.08. The number of aliphatic hydroxyl groups excluding tert-OH is 2. The SMILES string of the molecule is O=C1O[C@H](CO)C(O)C1(F)F. The van der Waals surface area contributed by atoms with Gasteiger partial charge in [-0.2, -0.15) is 8.78 Å². The predicted molar refractivity (Wildman–Crippen MR) is 27.9 cm³/mol. The number of aliphatic hydroxyl groups is 2. The van der Waals surface area contributed by atoms with Gasteiger partial charge < -0.3 is 14.9 Å². The second-order valence-electron chi connectivity index (χ2n) is 2.19. The molecule has 4 nitrogen and oxygen atoms in total. The lowest BCUT2D eigenvalue weighted by atomic mass is 10.1. The van der Waals surface area contributed by atoms with E-state index in [1.807, 2.05) is 0 Å². The molecule has 2 atom stereocenters. The maximum absolute atomic E-state index is 12.3. The maximum Gasteiger partial charge on any atom is 0.380 e. The molecule has 1 unspecified atom stereocenters. The van der Waals surface area contributed by atoms with Crippen molar-refractivity contribution in [2.24, 2.45) is 0 Å². The Labute approximate surface area is 60.4 Å². The first kappa shape index (κ1) is 8.35. The van der Waals surface area contributed by atoms with Crippen molar-refractivity contribution >= 4 is 5.97 Å². The van der Waals surface area contributed by atoms with Gasteiger partial charge in [-0.1, -0.05) is 0 Å². The predicted octanol–water partition coefficient (Wildman–Crippen LogP) is -1.10. The van der Waals surface area contributed by atoms with E-state index in [9.17, 15) is 13.6 Å². The van der Waals surface area contributed by atoms with Gasteiger partial charge in [-0.25, -0.2) is 4.79 Å². The Morgan fingerprint density at radius 1 is 1.64 bits per heavy atom. The van der Waals surface area contributed by atoms with Crippen molar-refractivity contribution in [3.63, 3.8) is 0 Å². The van der Waals surface area contributed by atoms with Gasteiger partial charge in [0.15, 0.2) is 12.2 Å². The molecule has 2 N–H and O–H groups in total. The van der Waals surface area contributed by atoms with Gasteiger partial charge in [-0.15, -0.1) is 0 Å². The zero-order chi connectivity index (χ0) is 8.65. The van der Waals surface area contributed by atoms with Crippen LogP contribution >= 0.6 is 0 Å². The Morgan fingerprint density at radius 3 is 2.36 bits per heavy atom. The second-order valence-corrected chi connectivity index (χ2v) is 2.19. The first-order chi connectivity index (χ1) is 5.00. The quantitative estimate of drug-likeness (QED) is 0.488. The van der Waals surface area contributed by atoms with E-state index < -0.39 is 30.7 Å². The standard InChI is InChI=1S/C5H6F2O4/c6-5(7)3(9)2(1-8)11-4(5)10/h2-3,8-9H,1H2/t2-,3?/m1/s1. The van der Waals surface area contributed by atoms with Crippen LogP contribution in [0, 0.1) is 0 Å². The van der Waals surface area contributed by atoms with Gasteiger partial charge in [0.25, 0.3) is 0 Å². The summed E-state index contributed by atoms with van der Waals surface area (Å²) in [5.41, 5.74) is 0. The number of halogens is 2. The summed E-state index contributed by atoms with van der Waals surface area (Å²) in [5.74, 6) is -5.67. The molecule has 64 valence electrons. The molecular formula is C5H6F2O4. The van der Waals surface area contributed by atoms with Crippen molar-refractivity contribution in [2.75, 3.05) is 6.61 Å². The fourth-order valence-corrected chi connectivity index (χ4v) is 0.772. The summed E-state index contributed by atoms with van der Waals surface area (Å²) in [5, 5.41) is 16.9. The fraction of sp³-hybridized carbons (Fsp3) is 0.800. The zero-order valence-corrected chi connectivity index (χ0v) is 5.33. The molecule has 0 aromatic rings. The van der Waals surface area contributed by atoms with E-state index in [1.165, 1.54) is 0 Å². The molecule has 1 aliphatic heterocycles. The van der Waals surface area contributed by atoms with Crippen LogP contribution < -0.4 is 0 Å². The molecule has 0 aromatic carbocycles. The molecule has 1 rings (SSSR count). The van der Waals surface area contributed by atoms with Crippen LogP contribution in [0.4, 0.5) is 8.78 Å². The largest absolute Gasteiger partial charge is 0.452 e. The molecule has 0 amide bonds. The molecule has 0 radical (unpaired) electrons. The van der Waals surface area contributed by atoms with Crippen LogP contribution in [0.15, 0.2) is 0 Å². The van der Waals surface area contributed by atoms with Crippen molar-refractivity contribution in [2.45, 2.75) is 18.1 Å². The Balaban J connectivity index is 2.80. The van der Waals surface area contributed by atoms with Gasteiger partial charge in [0.2, 0.25) is 0 Å². The second kappa shape index (κ2) is 2.38. The first-order valence-corrected chi connectivity index (χ1v) is 2.88. The summed E-state index contributed by atoms with van der Waals surface area (Å²) < 4.78 is 28.6. The minimum absolute atomic E-state index is 0.803. The number of ether oxygens (including phenoxy) is 1. The summed E-state index contributed by atoms with van der Waals surface area (Å²) in [7, 11) is 0. The summed E-state index contributed by atoms with van der Waals surface area (Å²) in [6.45, 7) is -0.803. The third-order valence-corrected chi connectivity index (χ3v) is 1.43. The average molecular weight is 168 g/mol. The van der Waals surface area contributed by atoms with Gasteiger partial charge >= 0.3 is 11.9 Å². The molecule has 0 saturated carbocycles. The molecule has 1 heterocycles. The van der Waals surface area contributed by atoms with E-state index >= 15 is 0 Å². The topological polar surface area (TPSA) is 66.8 Å². The lowest BCUT2D eigenvalue weighted by Gasteiger charge is -2.10. The van der Waals surface area contributed by atoms with Crippen molar-refractivity contribution in [1.82, 2.24) is 0 Å². The summed E-state index contributed by atoms with van der Waals surface area (Å²) in [6.07, 6.45) is -3.74. The molecule has 0 bridgehead atoms. The smallest absolute Gasteiger partial charge is 0.380 e. The van der Waals surface area contributed by atoms with Crippen LogP contribution in [0.5, 0.6) is 0 Å². The number of rotatable bonds is 1. The van der Waals surface area contributed by atoms with Crippen molar-refractivity contribution < 1.29 is 28.5 Å². The molecule has 11 heavy (non-hydrogen) atoms. The van der Waals surface area contributed by atoms with E-state index in [1.54, 1.807) is 0 Å². The molecule has 1 fully saturated rings. The van der Waals surface area contributed by atoms with Crippen molar-refractivity contribution in [3.05, 3.63) is 0 Å². The molecule has 0 spiro atoms. The number of esters is 1. The number of hydrogen-bond donors (Lipinski definition) is 2. The summed E-state index contributed by atoms with van der Waals surface area (Å²) in [6, 6.07) is 0. The van der Waals surface area contributed by atoms with Crippen LogP contribution in [0.2, 0.25) is 0 Å². The van der Waals surface area contributed by atoms with Crippen LogP contribution in [0.25, 0.3) is 0 Å². The van der Waals surface area contributed by atoms with Crippen LogP contribution in [0.3, 0.4) is 0 Å².